The van der Waals surface area contributed by atoms with Crippen molar-refractivity contribution < 1.29 is 17.5 Å². The third-order valence-electron chi connectivity index (χ3n) is 1.86. The van der Waals surface area contributed by atoms with Crippen LogP contribution >= 0.6 is 10.7 Å². The van der Waals surface area contributed by atoms with Gasteiger partial charge in [0.25, 0.3) is 0 Å². The van der Waals surface area contributed by atoms with Crippen molar-refractivity contribution in [2.45, 2.75) is 12.8 Å². The van der Waals surface area contributed by atoms with Gasteiger partial charge in [0.05, 0.1) is 12.4 Å². The summed E-state index contributed by atoms with van der Waals surface area (Å²) in [5.74, 6) is 0.192. The Bertz CT molecular complexity index is 416. The van der Waals surface area contributed by atoms with Crippen molar-refractivity contribution in [2.75, 3.05) is 12.4 Å². The zero-order valence-corrected chi connectivity index (χ0v) is 10.1. The average molecular weight is 267 g/mol. The molecule has 1 aromatic carbocycles. The normalized spacial score (nSPS) is 11.4. The van der Waals surface area contributed by atoms with Gasteiger partial charge in [0, 0.05) is 10.7 Å². The van der Waals surface area contributed by atoms with Gasteiger partial charge in [0.15, 0.2) is 0 Å². The van der Waals surface area contributed by atoms with Crippen LogP contribution < -0.4 is 4.74 Å². The maximum absolute atomic E-state index is 12.5. The molecule has 0 aliphatic carbocycles. The molecule has 0 fully saturated rings. The van der Waals surface area contributed by atoms with Gasteiger partial charge >= 0.3 is 0 Å². The Morgan fingerprint density at radius 2 is 1.81 bits per heavy atom. The van der Waals surface area contributed by atoms with Crippen LogP contribution in [0.15, 0.2) is 24.3 Å². The first-order valence-corrected chi connectivity index (χ1v) is 7.26. The highest BCUT2D eigenvalue weighted by Gasteiger charge is 2.03. The van der Waals surface area contributed by atoms with Crippen LogP contribution in [0.5, 0.6) is 5.75 Å². The SMILES string of the molecule is O=S(=O)(Cl)CCCCOc1ccc(F)cc1. The minimum Gasteiger partial charge on any atom is -0.494 e. The van der Waals surface area contributed by atoms with Gasteiger partial charge in [-0.15, -0.1) is 0 Å². The number of rotatable bonds is 6. The maximum Gasteiger partial charge on any atom is 0.232 e. The number of ether oxygens (including phenoxy) is 1. The van der Waals surface area contributed by atoms with Crippen LogP contribution in [0.25, 0.3) is 0 Å². The van der Waals surface area contributed by atoms with E-state index < -0.39 is 9.05 Å². The number of hydrogen-bond acceptors (Lipinski definition) is 3. The van der Waals surface area contributed by atoms with Gasteiger partial charge in [0.2, 0.25) is 9.05 Å². The lowest BCUT2D eigenvalue weighted by Crippen LogP contribution is -2.02. The van der Waals surface area contributed by atoms with Gasteiger partial charge in [-0.2, -0.15) is 0 Å². The molecule has 0 aliphatic rings. The second-order valence-corrected chi connectivity index (χ2v) is 6.15. The van der Waals surface area contributed by atoms with Crippen LogP contribution in [-0.2, 0) is 9.05 Å². The Morgan fingerprint density at radius 3 is 2.38 bits per heavy atom. The molecule has 0 aromatic heterocycles. The summed E-state index contributed by atoms with van der Waals surface area (Å²) >= 11 is 0. The van der Waals surface area contributed by atoms with E-state index in [1.54, 1.807) is 0 Å². The number of unbranched alkanes of at least 4 members (excludes halogenated alkanes) is 1. The molecule has 0 heterocycles. The smallest absolute Gasteiger partial charge is 0.232 e. The van der Waals surface area contributed by atoms with Crippen molar-refractivity contribution in [3.8, 4) is 5.75 Å². The minimum atomic E-state index is -3.41. The van der Waals surface area contributed by atoms with Crippen molar-refractivity contribution in [1.29, 1.82) is 0 Å². The van der Waals surface area contributed by atoms with Crippen molar-refractivity contribution in [3.63, 3.8) is 0 Å². The van der Waals surface area contributed by atoms with Gasteiger partial charge in [0.1, 0.15) is 11.6 Å². The molecule has 0 N–H and O–H groups in total. The molecule has 0 saturated heterocycles. The molecule has 0 bridgehead atoms. The fourth-order valence-electron chi connectivity index (χ4n) is 1.10. The summed E-state index contributed by atoms with van der Waals surface area (Å²) in [5, 5.41) is 0. The van der Waals surface area contributed by atoms with Crippen LogP contribution in [0.1, 0.15) is 12.8 Å². The predicted octanol–water partition coefficient (Wildman–Crippen LogP) is 2.55. The summed E-state index contributed by atoms with van der Waals surface area (Å²) < 4.78 is 39.0. The molecule has 6 heteroatoms. The molecular weight excluding hydrogens is 255 g/mol. The van der Waals surface area contributed by atoms with Gasteiger partial charge in [-0.25, -0.2) is 12.8 Å². The largest absolute Gasteiger partial charge is 0.494 e. The summed E-state index contributed by atoms with van der Waals surface area (Å²) in [7, 11) is 1.63. The third kappa shape index (κ3) is 5.92. The van der Waals surface area contributed by atoms with E-state index in [2.05, 4.69) is 0 Å². The molecule has 0 saturated carbocycles. The Kier molecular flexibility index (Phi) is 5.02. The highest BCUT2D eigenvalue weighted by molar-refractivity contribution is 8.13. The lowest BCUT2D eigenvalue weighted by atomic mass is 10.3. The quantitative estimate of drug-likeness (QED) is 0.587. The van der Waals surface area contributed by atoms with Gasteiger partial charge < -0.3 is 4.74 Å². The number of hydrogen-bond donors (Lipinski definition) is 0. The fraction of sp³-hybridized carbons (Fsp3) is 0.400. The van der Waals surface area contributed by atoms with E-state index in [9.17, 15) is 12.8 Å². The van der Waals surface area contributed by atoms with E-state index in [1.807, 2.05) is 0 Å². The van der Waals surface area contributed by atoms with Crippen LogP contribution in [-0.4, -0.2) is 20.8 Å². The van der Waals surface area contributed by atoms with E-state index in [0.29, 0.717) is 25.2 Å². The zero-order chi connectivity index (χ0) is 12.0. The van der Waals surface area contributed by atoms with Gasteiger partial charge in [-0.1, -0.05) is 0 Å². The average Bonchev–Trinajstić information content (AvgIpc) is 2.19. The van der Waals surface area contributed by atoms with Crippen molar-refractivity contribution in [1.82, 2.24) is 0 Å². The van der Waals surface area contributed by atoms with Gasteiger partial charge in [-0.3, -0.25) is 0 Å². The molecular formula is C10H12ClFO3S. The summed E-state index contributed by atoms with van der Waals surface area (Å²) in [6, 6.07) is 5.65. The first-order valence-electron chi connectivity index (χ1n) is 4.78. The lowest BCUT2D eigenvalue weighted by molar-refractivity contribution is 0.309. The van der Waals surface area contributed by atoms with Crippen LogP contribution in [0.2, 0.25) is 0 Å². The van der Waals surface area contributed by atoms with Crippen molar-refractivity contribution in [2.24, 2.45) is 0 Å². The molecule has 0 aliphatic heterocycles. The van der Waals surface area contributed by atoms with Gasteiger partial charge in [-0.05, 0) is 37.1 Å². The Balaban J connectivity index is 2.19. The second-order valence-electron chi connectivity index (χ2n) is 3.25. The third-order valence-corrected chi connectivity index (χ3v) is 3.10. The molecule has 0 spiro atoms. The first-order chi connectivity index (χ1) is 7.47. The highest BCUT2D eigenvalue weighted by atomic mass is 35.7. The van der Waals surface area contributed by atoms with E-state index in [4.69, 9.17) is 15.4 Å². The Labute approximate surface area is 98.6 Å². The second kappa shape index (κ2) is 6.06. The number of benzene rings is 1. The minimum absolute atomic E-state index is 0.0542. The fourth-order valence-corrected chi connectivity index (χ4v) is 1.97. The van der Waals surface area contributed by atoms with Crippen molar-refractivity contribution >= 4 is 19.7 Å². The van der Waals surface area contributed by atoms with Crippen molar-refractivity contribution in [3.05, 3.63) is 30.1 Å². The Hall–Kier alpha value is -0.810. The molecule has 0 unspecified atom stereocenters. The molecule has 1 rings (SSSR count). The molecule has 3 nitrogen and oxygen atoms in total. The topological polar surface area (TPSA) is 43.4 Å². The van der Waals surface area contributed by atoms with E-state index in [0.717, 1.165) is 0 Å². The molecule has 16 heavy (non-hydrogen) atoms. The van der Waals surface area contributed by atoms with Crippen LogP contribution in [0.4, 0.5) is 4.39 Å². The van der Waals surface area contributed by atoms with Crippen LogP contribution in [0, 0.1) is 5.82 Å². The highest BCUT2D eigenvalue weighted by Crippen LogP contribution is 2.11. The van der Waals surface area contributed by atoms with E-state index in [1.165, 1.54) is 24.3 Å². The molecule has 1 aromatic rings. The standard InChI is InChI=1S/C10H12ClFO3S/c11-16(13,14)8-2-1-7-15-10-5-3-9(12)4-6-10/h3-6H,1-2,7-8H2. The van der Waals surface area contributed by atoms with Crippen LogP contribution in [0.3, 0.4) is 0 Å². The lowest BCUT2D eigenvalue weighted by Gasteiger charge is -2.04. The molecule has 0 radical (unpaired) electrons. The van der Waals surface area contributed by atoms with E-state index in [-0.39, 0.29) is 11.6 Å². The van der Waals surface area contributed by atoms with E-state index >= 15 is 0 Å². The predicted molar refractivity (Wildman–Crippen MR) is 60.8 cm³/mol. The maximum atomic E-state index is 12.5. The molecule has 0 amide bonds. The monoisotopic (exact) mass is 266 g/mol. The molecule has 0 atom stereocenters. The summed E-state index contributed by atoms with van der Waals surface area (Å²) in [6.07, 6.45) is 1.04. The molecule has 90 valence electrons. The summed E-state index contributed by atoms with van der Waals surface area (Å²) in [5.41, 5.74) is 0. The summed E-state index contributed by atoms with van der Waals surface area (Å²) in [6.45, 7) is 0.387. The Morgan fingerprint density at radius 1 is 1.19 bits per heavy atom. The zero-order valence-electron chi connectivity index (χ0n) is 8.53. The number of halogens is 2. The first kappa shape index (κ1) is 13.3. The summed E-state index contributed by atoms with van der Waals surface area (Å²) in [4.78, 5) is 0.